The van der Waals surface area contributed by atoms with Crippen LogP contribution in [-0.4, -0.2) is 42.6 Å². The van der Waals surface area contributed by atoms with Gasteiger partial charge in [0.15, 0.2) is 0 Å². The van der Waals surface area contributed by atoms with Crippen molar-refractivity contribution in [1.82, 2.24) is 16.0 Å². The molecule has 0 rings (SSSR count). The van der Waals surface area contributed by atoms with Gasteiger partial charge in [0.2, 0.25) is 11.8 Å². The number of alkyl carbamates (subject to hydrolysis) is 1. The number of unbranched alkanes of at least 4 members (excludes halogenated alkanes) is 6. The lowest BCUT2D eigenvalue weighted by molar-refractivity contribution is -0.128. The molecule has 0 aromatic rings. The zero-order valence-corrected chi connectivity index (χ0v) is 19.1. The maximum atomic E-state index is 12.4. The third-order valence-electron chi connectivity index (χ3n) is 4.21. The Morgan fingerprint density at radius 2 is 1.50 bits per heavy atom. The van der Waals surface area contributed by atoms with Crippen molar-refractivity contribution < 1.29 is 19.1 Å². The second kappa shape index (κ2) is 16.5. The lowest BCUT2D eigenvalue weighted by atomic mass is 10.1. The molecule has 0 radical (unpaired) electrons. The van der Waals surface area contributed by atoms with E-state index in [1.54, 1.807) is 26.8 Å². The summed E-state index contributed by atoms with van der Waals surface area (Å²) in [5.74, 6) is -0.542. The number of hydrogen-bond acceptors (Lipinski definition) is 4. The molecule has 1 atom stereocenters. The van der Waals surface area contributed by atoms with E-state index < -0.39 is 17.7 Å². The highest BCUT2D eigenvalue weighted by atomic mass is 16.6. The lowest BCUT2D eigenvalue weighted by Crippen LogP contribution is -2.53. The van der Waals surface area contributed by atoms with Crippen LogP contribution in [0.25, 0.3) is 0 Å². The number of carbonyl (C=O) groups excluding carboxylic acids is 3. The predicted octanol–water partition coefficient (Wildman–Crippen LogP) is 4.00. The molecule has 0 aromatic carbocycles. The van der Waals surface area contributed by atoms with Crippen molar-refractivity contribution in [3.05, 3.63) is 25.3 Å². The Morgan fingerprint density at radius 1 is 0.900 bits per heavy atom. The van der Waals surface area contributed by atoms with Gasteiger partial charge in [0.05, 0.1) is 6.54 Å². The van der Waals surface area contributed by atoms with Crippen LogP contribution in [0.3, 0.4) is 0 Å². The van der Waals surface area contributed by atoms with E-state index in [0.717, 1.165) is 38.5 Å². The SMILES string of the molecule is C=CCCCCCCCCC(=O)NC(CNC(=O)OC(C)(C)C)C(=O)NCCC=C. The standard InChI is InChI=1S/C23H41N3O4/c1-6-8-10-11-12-13-14-15-16-20(27)26-19(21(28)24-17-9-7-2)18-25-22(29)30-23(3,4)5/h6-7,19H,1-2,8-18H2,3-5H3,(H,24,28)(H,25,29)(H,26,27). The van der Waals surface area contributed by atoms with Crippen LogP contribution >= 0.6 is 0 Å². The molecule has 3 N–H and O–H groups in total. The average molecular weight is 424 g/mol. The van der Waals surface area contributed by atoms with Gasteiger partial charge in [0.25, 0.3) is 0 Å². The Bertz CT molecular complexity index is 541. The van der Waals surface area contributed by atoms with Crippen LogP contribution in [0.5, 0.6) is 0 Å². The quantitative estimate of drug-likeness (QED) is 0.258. The van der Waals surface area contributed by atoms with E-state index >= 15 is 0 Å². The van der Waals surface area contributed by atoms with E-state index in [9.17, 15) is 14.4 Å². The molecule has 0 aliphatic carbocycles. The molecule has 30 heavy (non-hydrogen) atoms. The van der Waals surface area contributed by atoms with Crippen LogP contribution in [-0.2, 0) is 14.3 Å². The van der Waals surface area contributed by atoms with Crippen LogP contribution in [0.1, 0.15) is 78.6 Å². The van der Waals surface area contributed by atoms with Crippen molar-refractivity contribution in [2.75, 3.05) is 13.1 Å². The summed E-state index contributed by atoms with van der Waals surface area (Å²) in [5, 5.41) is 8.01. The Kier molecular flexibility index (Phi) is 15.2. The van der Waals surface area contributed by atoms with E-state index in [-0.39, 0.29) is 18.4 Å². The molecule has 172 valence electrons. The molecule has 0 aliphatic heterocycles. The minimum absolute atomic E-state index is 0.0378. The Morgan fingerprint density at radius 3 is 2.10 bits per heavy atom. The Balaban J connectivity index is 4.41. The molecule has 7 nitrogen and oxygen atoms in total. The molecule has 0 saturated heterocycles. The first kappa shape index (κ1) is 27.7. The number of rotatable bonds is 16. The summed E-state index contributed by atoms with van der Waals surface area (Å²) in [6.07, 6.45) is 11.4. The van der Waals surface area contributed by atoms with Crippen molar-refractivity contribution in [3.8, 4) is 0 Å². The minimum atomic E-state index is -0.853. The van der Waals surface area contributed by atoms with Crippen molar-refractivity contribution in [3.63, 3.8) is 0 Å². The van der Waals surface area contributed by atoms with E-state index in [1.165, 1.54) is 6.42 Å². The molecule has 0 spiro atoms. The van der Waals surface area contributed by atoms with Crippen molar-refractivity contribution in [1.29, 1.82) is 0 Å². The summed E-state index contributed by atoms with van der Waals surface area (Å²) in [5.41, 5.74) is -0.638. The van der Waals surface area contributed by atoms with Crippen LogP contribution < -0.4 is 16.0 Å². The van der Waals surface area contributed by atoms with Crippen molar-refractivity contribution in [2.24, 2.45) is 0 Å². The van der Waals surface area contributed by atoms with E-state index in [4.69, 9.17) is 4.74 Å². The fraction of sp³-hybridized carbons (Fsp3) is 0.696. The van der Waals surface area contributed by atoms with Crippen molar-refractivity contribution in [2.45, 2.75) is 90.2 Å². The maximum absolute atomic E-state index is 12.4. The topological polar surface area (TPSA) is 96.5 Å². The van der Waals surface area contributed by atoms with Gasteiger partial charge in [-0.05, 0) is 46.5 Å². The van der Waals surface area contributed by atoms with Gasteiger partial charge in [-0.15, -0.1) is 13.2 Å². The molecule has 0 heterocycles. The largest absolute Gasteiger partial charge is 0.444 e. The van der Waals surface area contributed by atoms with E-state index in [2.05, 4.69) is 29.1 Å². The van der Waals surface area contributed by atoms with Gasteiger partial charge < -0.3 is 20.7 Å². The highest BCUT2D eigenvalue weighted by molar-refractivity contribution is 5.88. The molecule has 1 unspecified atom stereocenters. The molecule has 0 aliphatic rings. The predicted molar refractivity (Wildman–Crippen MR) is 121 cm³/mol. The van der Waals surface area contributed by atoms with Gasteiger partial charge in [0.1, 0.15) is 11.6 Å². The third-order valence-corrected chi connectivity index (χ3v) is 4.21. The van der Waals surface area contributed by atoms with Crippen LogP contribution in [0.4, 0.5) is 4.79 Å². The van der Waals surface area contributed by atoms with Gasteiger partial charge in [-0.2, -0.15) is 0 Å². The number of amides is 3. The minimum Gasteiger partial charge on any atom is -0.444 e. The van der Waals surface area contributed by atoms with Crippen LogP contribution in [0, 0.1) is 0 Å². The summed E-state index contributed by atoms with van der Waals surface area (Å²) in [4.78, 5) is 36.5. The highest BCUT2D eigenvalue weighted by Gasteiger charge is 2.23. The van der Waals surface area contributed by atoms with E-state index in [0.29, 0.717) is 19.4 Å². The molecule has 0 saturated carbocycles. The molecular formula is C23H41N3O4. The zero-order valence-electron chi connectivity index (χ0n) is 19.1. The molecule has 0 bridgehead atoms. The first-order valence-corrected chi connectivity index (χ1v) is 10.9. The fourth-order valence-corrected chi connectivity index (χ4v) is 2.68. The summed E-state index contributed by atoms with van der Waals surface area (Å²) in [6.45, 7) is 13.0. The number of hydrogen-bond donors (Lipinski definition) is 3. The van der Waals surface area contributed by atoms with Gasteiger partial charge in [-0.3, -0.25) is 9.59 Å². The fourth-order valence-electron chi connectivity index (χ4n) is 2.68. The molecule has 0 aromatic heterocycles. The van der Waals surface area contributed by atoms with Crippen molar-refractivity contribution >= 4 is 17.9 Å². The third kappa shape index (κ3) is 16.6. The first-order valence-electron chi connectivity index (χ1n) is 10.9. The first-order chi connectivity index (χ1) is 14.2. The normalized spacial score (nSPS) is 11.8. The molecule has 3 amide bonds. The Labute approximate surface area is 182 Å². The van der Waals surface area contributed by atoms with Gasteiger partial charge >= 0.3 is 6.09 Å². The molecular weight excluding hydrogens is 382 g/mol. The highest BCUT2D eigenvalue weighted by Crippen LogP contribution is 2.09. The van der Waals surface area contributed by atoms with E-state index in [1.807, 2.05) is 6.08 Å². The summed E-state index contributed by atoms with van der Waals surface area (Å²) in [7, 11) is 0. The molecule has 7 heteroatoms. The second-order valence-electron chi connectivity index (χ2n) is 8.32. The monoisotopic (exact) mass is 423 g/mol. The number of carbonyl (C=O) groups is 3. The summed E-state index contributed by atoms with van der Waals surface area (Å²) >= 11 is 0. The summed E-state index contributed by atoms with van der Waals surface area (Å²) < 4.78 is 5.19. The smallest absolute Gasteiger partial charge is 0.407 e. The Hall–Kier alpha value is -2.31. The average Bonchev–Trinajstić information content (AvgIpc) is 2.65. The van der Waals surface area contributed by atoms with Gasteiger partial charge in [-0.25, -0.2) is 4.79 Å². The number of ether oxygens (including phenoxy) is 1. The van der Waals surface area contributed by atoms with Crippen LogP contribution in [0.2, 0.25) is 0 Å². The lowest BCUT2D eigenvalue weighted by Gasteiger charge is -2.22. The second-order valence-corrected chi connectivity index (χ2v) is 8.32. The maximum Gasteiger partial charge on any atom is 0.407 e. The zero-order chi connectivity index (χ0) is 22.8. The van der Waals surface area contributed by atoms with Gasteiger partial charge in [-0.1, -0.05) is 37.8 Å². The summed E-state index contributed by atoms with van der Waals surface area (Å²) in [6, 6.07) is -0.853. The van der Waals surface area contributed by atoms with Crippen LogP contribution in [0.15, 0.2) is 25.3 Å². The van der Waals surface area contributed by atoms with Gasteiger partial charge in [0, 0.05) is 13.0 Å². The number of nitrogens with one attached hydrogen (secondary N) is 3. The number of allylic oxidation sites excluding steroid dienone is 1. The molecule has 0 fully saturated rings.